The minimum absolute atomic E-state index is 0.109. The average molecular weight is 331 g/mol. The number of carbonyl (C=O) groups excluding carboxylic acids is 1. The summed E-state index contributed by atoms with van der Waals surface area (Å²) >= 11 is 0. The fourth-order valence-corrected chi connectivity index (χ4v) is 3.15. The molecule has 1 aromatic heterocycles. The summed E-state index contributed by atoms with van der Waals surface area (Å²) in [5.41, 5.74) is 5.87. The smallest absolute Gasteiger partial charge is 0.202 e. The predicted molar refractivity (Wildman–Crippen MR) is 98.9 cm³/mol. The zero-order chi connectivity index (χ0) is 17.8. The van der Waals surface area contributed by atoms with Crippen molar-refractivity contribution in [1.82, 2.24) is 9.97 Å². The third kappa shape index (κ3) is 3.77. The molecule has 0 amide bonds. The molecule has 1 N–H and O–H groups in total. The van der Waals surface area contributed by atoms with Crippen LogP contribution in [0.3, 0.4) is 0 Å². The van der Waals surface area contributed by atoms with Crippen molar-refractivity contribution in [3.8, 4) is 6.07 Å². The van der Waals surface area contributed by atoms with Gasteiger partial charge in [0.25, 0.3) is 0 Å². The molecule has 25 heavy (non-hydrogen) atoms. The van der Waals surface area contributed by atoms with Crippen molar-refractivity contribution < 1.29 is 4.79 Å². The molecule has 0 atom stereocenters. The van der Waals surface area contributed by atoms with Gasteiger partial charge in [0.05, 0.1) is 6.20 Å². The van der Waals surface area contributed by atoms with Gasteiger partial charge in [-0.3, -0.25) is 4.79 Å². The summed E-state index contributed by atoms with van der Waals surface area (Å²) in [4.78, 5) is 19.3. The lowest BCUT2D eigenvalue weighted by Crippen LogP contribution is -2.08. The van der Waals surface area contributed by atoms with Crippen LogP contribution in [0.15, 0.2) is 37.1 Å². The Kier molecular flexibility index (Phi) is 4.95. The summed E-state index contributed by atoms with van der Waals surface area (Å²) < 4.78 is 0. The van der Waals surface area contributed by atoms with E-state index in [4.69, 9.17) is 5.26 Å². The van der Waals surface area contributed by atoms with E-state index in [9.17, 15) is 4.79 Å². The van der Waals surface area contributed by atoms with Gasteiger partial charge in [-0.15, -0.1) is 0 Å². The van der Waals surface area contributed by atoms with Crippen molar-refractivity contribution in [2.45, 2.75) is 39.0 Å². The number of benzene rings is 1. The fraction of sp³-hybridized carbons (Fsp3) is 0.286. The number of rotatable bonds is 5. The van der Waals surface area contributed by atoms with Crippen molar-refractivity contribution in [3.63, 3.8) is 0 Å². The van der Waals surface area contributed by atoms with Gasteiger partial charge in [0.15, 0.2) is 5.82 Å². The van der Waals surface area contributed by atoms with E-state index < -0.39 is 0 Å². The molecule has 0 radical (unpaired) electrons. The summed E-state index contributed by atoms with van der Waals surface area (Å²) in [6.45, 7) is 6.02. The van der Waals surface area contributed by atoms with E-state index in [0.29, 0.717) is 5.69 Å². The topological polar surface area (TPSA) is 69.5 Å². The van der Waals surface area contributed by atoms with E-state index in [1.807, 2.05) is 25.1 Å². The van der Waals surface area contributed by atoms with Crippen molar-refractivity contribution in [1.29, 1.82) is 5.26 Å². The lowest BCUT2D eigenvalue weighted by Gasteiger charge is -2.18. The van der Waals surface area contributed by atoms with Crippen LogP contribution in [-0.2, 0) is 6.42 Å². The van der Waals surface area contributed by atoms with Gasteiger partial charge in [0, 0.05) is 6.42 Å². The number of nitriles is 1. The summed E-state index contributed by atoms with van der Waals surface area (Å²) in [5, 5.41) is 8.87. The number of Topliss-reactive ketones (excluding diaryl/α,β-unsaturated/α-hetero) is 1. The zero-order valence-electron chi connectivity index (χ0n) is 14.4. The highest BCUT2D eigenvalue weighted by atomic mass is 16.1. The molecule has 0 unspecified atom stereocenters. The molecule has 4 nitrogen and oxygen atoms in total. The van der Waals surface area contributed by atoms with Crippen molar-refractivity contribution in [2.75, 3.05) is 0 Å². The maximum Gasteiger partial charge on any atom is 0.202 e. The third-order valence-corrected chi connectivity index (χ3v) is 4.55. The molecule has 2 aromatic rings. The number of nitrogens with zero attached hydrogens (tertiary/aromatic N) is 2. The Morgan fingerprint density at radius 2 is 2.24 bits per heavy atom. The lowest BCUT2D eigenvalue weighted by molar-refractivity contribution is 0.0984. The highest BCUT2D eigenvalue weighted by Gasteiger charge is 2.17. The van der Waals surface area contributed by atoms with Gasteiger partial charge < -0.3 is 4.98 Å². The summed E-state index contributed by atoms with van der Waals surface area (Å²) in [7, 11) is 0. The molecule has 0 saturated heterocycles. The zero-order valence-corrected chi connectivity index (χ0v) is 14.4. The minimum Gasteiger partial charge on any atom is -0.327 e. The highest BCUT2D eigenvalue weighted by molar-refractivity contribution is 5.95. The Bertz CT molecular complexity index is 896. The first kappa shape index (κ1) is 16.9. The summed E-state index contributed by atoms with van der Waals surface area (Å²) in [5.74, 6) is 0.131. The third-order valence-electron chi connectivity index (χ3n) is 4.55. The van der Waals surface area contributed by atoms with Crippen LogP contribution in [0, 0.1) is 11.3 Å². The van der Waals surface area contributed by atoms with E-state index in [-0.39, 0.29) is 18.0 Å². The Labute approximate surface area is 147 Å². The first-order valence-corrected chi connectivity index (χ1v) is 8.55. The quantitative estimate of drug-likeness (QED) is 0.808. The molecular weight excluding hydrogens is 310 g/mol. The number of imidazole rings is 1. The predicted octanol–water partition coefficient (Wildman–Crippen LogP) is 4.70. The first-order valence-electron chi connectivity index (χ1n) is 8.55. The standard InChI is InChI=1S/C21H21N3O/c1-14(2)16-8-9-17(19(10-16)15-6-4-3-5-7-15)11-20(25)21-23-13-18(12-22)24-21/h6,8-10,13H,1,3-5,7,11H2,2H3,(H,23,24). The average Bonchev–Trinajstić information content (AvgIpc) is 3.12. The second-order valence-electron chi connectivity index (χ2n) is 6.48. The van der Waals surface area contributed by atoms with Crippen molar-refractivity contribution >= 4 is 16.9 Å². The SMILES string of the molecule is C=C(C)c1ccc(CC(=O)c2ncc(C#N)[nH]2)c(C2=CCCCC2)c1. The first-order chi connectivity index (χ1) is 12.1. The van der Waals surface area contributed by atoms with E-state index >= 15 is 0 Å². The largest absolute Gasteiger partial charge is 0.327 e. The van der Waals surface area contributed by atoms with Crippen LogP contribution in [0.25, 0.3) is 11.1 Å². The number of allylic oxidation sites excluding steroid dienone is 3. The Morgan fingerprint density at radius 3 is 2.88 bits per heavy atom. The molecule has 0 fully saturated rings. The number of hydrogen-bond acceptors (Lipinski definition) is 3. The highest BCUT2D eigenvalue weighted by Crippen LogP contribution is 2.31. The van der Waals surface area contributed by atoms with E-state index in [1.54, 1.807) is 0 Å². The van der Waals surface area contributed by atoms with Crippen LogP contribution in [0.5, 0.6) is 0 Å². The van der Waals surface area contributed by atoms with E-state index in [0.717, 1.165) is 35.1 Å². The monoisotopic (exact) mass is 331 g/mol. The molecule has 1 aliphatic rings. The van der Waals surface area contributed by atoms with Crippen LogP contribution in [-0.4, -0.2) is 15.8 Å². The number of ketones is 1. The molecule has 4 heteroatoms. The number of carbonyl (C=O) groups is 1. The second-order valence-corrected chi connectivity index (χ2v) is 6.48. The number of nitrogens with one attached hydrogen (secondary N) is 1. The minimum atomic E-state index is -0.109. The fourth-order valence-electron chi connectivity index (χ4n) is 3.15. The maximum atomic E-state index is 12.6. The molecule has 1 aliphatic carbocycles. The second kappa shape index (κ2) is 7.31. The van der Waals surface area contributed by atoms with Gasteiger partial charge in [-0.1, -0.05) is 30.4 Å². The molecule has 0 spiro atoms. The maximum absolute atomic E-state index is 12.6. The summed E-state index contributed by atoms with van der Waals surface area (Å²) in [6, 6.07) is 8.13. The van der Waals surface area contributed by atoms with Crippen LogP contribution in [0.4, 0.5) is 0 Å². The van der Waals surface area contributed by atoms with Gasteiger partial charge in [-0.05, 0) is 60.9 Å². The Hall–Kier alpha value is -2.93. The number of H-pyrrole nitrogens is 1. The van der Waals surface area contributed by atoms with Gasteiger partial charge in [-0.25, -0.2) is 4.98 Å². The Morgan fingerprint density at radius 1 is 1.40 bits per heavy atom. The van der Waals surface area contributed by atoms with E-state index in [1.165, 1.54) is 24.6 Å². The molecule has 1 aromatic carbocycles. The molecule has 126 valence electrons. The normalized spacial score (nSPS) is 13.8. The van der Waals surface area contributed by atoms with Crippen molar-refractivity contribution in [2.24, 2.45) is 0 Å². The molecule has 0 aliphatic heterocycles. The van der Waals surface area contributed by atoms with Gasteiger partial charge in [0.2, 0.25) is 5.78 Å². The lowest BCUT2D eigenvalue weighted by atomic mass is 9.87. The Balaban J connectivity index is 1.94. The van der Waals surface area contributed by atoms with Crippen LogP contribution in [0.1, 0.15) is 65.6 Å². The van der Waals surface area contributed by atoms with Crippen LogP contribution < -0.4 is 0 Å². The van der Waals surface area contributed by atoms with Gasteiger partial charge in [0.1, 0.15) is 11.8 Å². The van der Waals surface area contributed by atoms with Crippen molar-refractivity contribution in [3.05, 3.63) is 65.3 Å². The van der Waals surface area contributed by atoms with Gasteiger partial charge >= 0.3 is 0 Å². The number of hydrogen-bond donors (Lipinski definition) is 1. The number of aromatic nitrogens is 2. The molecule has 0 bridgehead atoms. The van der Waals surface area contributed by atoms with Crippen LogP contribution in [0.2, 0.25) is 0 Å². The molecule has 1 heterocycles. The molecule has 3 rings (SSSR count). The number of aromatic amines is 1. The van der Waals surface area contributed by atoms with E-state index in [2.05, 4.69) is 28.7 Å². The van der Waals surface area contributed by atoms with Crippen LogP contribution >= 0.6 is 0 Å². The molecule has 0 saturated carbocycles. The summed E-state index contributed by atoms with van der Waals surface area (Å²) in [6.07, 6.45) is 8.48. The van der Waals surface area contributed by atoms with Gasteiger partial charge in [-0.2, -0.15) is 5.26 Å². The molecular formula is C21H21N3O.